The molecule has 2 rings (SSSR count). The van der Waals surface area contributed by atoms with Crippen molar-refractivity contribution in [3.63, 3.8) is 0 Å². The molecule has 0 saturated carbocycles. The molecule has 56 valence electrons. The van der Waals surface area contributed by atoms with Crippen LogP contribution in [0.2, 0.25) is 0 Å². The van der Waals surface area contributed by atoms with E-state index in [1.54, 1.807) is 12.3 Å². The molecule has 1 aromatic rings. The third-order valence-corrected chi connectivity index (χ3v) is 2.37. The van der Waals surface area contributed by atoms with E-state index in [1.165, 1.54) is 11.6 Å². The molecule has 2 heterocycles. The largest absolute Gasteiger partial charge is 0.276 e. The number of rotatable bonds is 1. The van der Waals surface area contributed by atoms with Gasteiger partial charge in [-0.2, -0.15) is 5.10 Å². The van der Waals surface area contributed by atoms with Gasteiger partial charge in [-0.05, 0) is 6.07 Å². The van der Waals surface area contributed by atoms with Crippen LogP contribution >= 0.6 is 0 Å². The van der Waals surface area contributed by atoms with Crippen molar-refractivity contribution >= 4 is 15.8 Å². The Morgan fingerprint density at radius 1 is 1.55 bits per heavy atom. The molecule has 1 aromatic heterocycles. The molecule has 1 atom stereocenters. The molecule has 4 nitrogen and oxygen atoms in total. The number of nitrogens with zero attached hydrogens (tertiary/aromatic N) is 2. The van der Waals surface area contributed by atoms with Crippen molar-refractivity contribution in [3.8, 4) is 0 Å². The third-order valence-electron chi connectivity index (χ3n) is 1.30. The van der Waals surface area contributed by atoms with Gasteiger partial charge in [0.05, 0.1) is 5.69 Å². The number of hydrogen-bond acceptors (Lipinski definition) is 3. The summed E-state index contributed by atoms with van der Waals surface area (Å²) in [7, 11) is -1.09. The summed E-state index contributed by atoms with van der Waals surface area (Å²) in [5, 5.41) is 8.51. The second kappa shape index (κ2) is 2.43. The molecule has 0 amide bonds. The number of nitrogens with one attached hydrogen (secondary N) is 1. The second-order valence-electron chi connectivity index (χ2n) is 1.99. The molecule has 0 fully saturated rings. The summed E-state index contributed by atoms with van der Waals surface area (Å²) in [6.45, 7) is 0. The standard InChI is InChI=1S/C6H5N3OS/c10-11-4-3-7-6(11)5-1-2-8-9-5/h1-4H,(H,8,9). The van der Waals surface area contributed by atoms with E-state index in [1.807, 2.05) is 0 Å². The first-order chi connectivity index (χ1) is 5.38. The van der Waals surface area contributed by atoms with Gasteiger partial charge in [-0.3, -0.25) is 5.10 Å². The Bertz CT molecular complexity index is 339. The minimum absolute atomic E-state index is 0.544. The highest BCUT2D eigenvalue weighted by atomic mass is 32.2. The van der Waals surface area contributed by atoms with E-state index in [-0.39, 0.29) is 0 Å². The molecule has 5 heteroatoms. The van der Waals surface area contributed by atoms with Crippen molar-refractivity contribution in [2.24, 2.45) is 4.99 Å². The highest BCUT2D eigenvalue weighted by Crippen LogP contribution is 2.07. The lowest BCUT2D eigenvalue weighted by Crippen LogP contribution is -2.03. The van der Waals surface area contributed by atoms with E-state index in [9.17, 15) is 4.21 Å². The highest BCUT2D eigenvalue weighted by Gasteiger charge is 2.13. The second-order valence-corrected chi connectivity index (χ2v) is 3.24. The first-order valence-electron chi connectivity index (χ1n) is 3.03. The van der Waals surface area contributed by atoms with Crippen LogP contribution < -0.4 is 0 Å². The van der Waals surface area contributed by atoms with Crippen LogP contribution in [0, 0.1) is 0 Å². The molecule has 0 bridgehead atoms. The first-order valence-corrected chi connectivity index (χ1v) is 4.24. The molecule has 1 aliphatic heterocycles. The Balaban J connectivity index is 2.40. The smallest absolute Gasteiger partial charge is 0.156 e. The predicted molar refractivity (Wildman–Crippen MR) is 42.4 cm³/mol. The van der Waals surface area contributed by atoms with Crippen molar-refractivity contribution in [3.05, 3.63) is 29.6 Å². The number of hydrogen-bond donors (Lipinski definition) is 1. The van der Waals surface area contributed by atoms with E-state index >= 15 is 0 Å². The van der Waals surface area contributed by atoms with Crippen molar-refractivity contribution in [2.75, 3.05) is 0 Å². The van der Waals surface area contributed by atoms with E-state index in [0.717, 1.165) is 0 Å². The maximum Gasteiger partial charge on any atom is 0.156 e. The van der Waals surface area contributed by atoms with E-state index in [2.05, 4.69) is 15.2 Å². The zero-order chi connectivity index (χ0) is 7.68. The maximum atomic E-state index is 11.1. The Morgan fingerprint density at radius 2 is 2.45 bits per heavy atom. The third kappa shape index (κ3) is 1.03. The highest BCUT2D eigenvalue weighted by molar-refractivity contribution is 8.04. The Morgan fingerprint density at radius 3 is 3.00 bits per heavy atom. The normalized spacial score (nSPS) is 22.2. The molecule has 1 N–H and O–H groups in total. The van der Waals surface area contributed by atoms with Crippen molar-refractivity contribution in [1.29, 1.82) is 0 Å². The van der Waals surface area contributed by atoms with E-state index in [4.69, 9.17) is 0 Å². The fourth-order valence-electron chi connectivity index (χ4n) is 0.823. The van der Waals surface area contributed by atoms with Gasteiger partial charge in [0, 0.05) is 17.8 Å². The summed E-state index contributed by atoms with van der Waals surface area (Å²) >= 11 is 0. The lowest BCUT2D eigenvalue weighted by Gasteiger charge is -1.91. The minimum Gasteiger partial charge on any atom is -0.276 e. The number of aromatic amines is 1. The maximum absolute atomic E-state index is 11.1. The fourth-order valence-corrected chi connectivity index (χ4v) is 1.62. The average molecular weight is 167 g/mol. The van der Waals surface area contributed by atoms with Crippen LogP contribution in [0.5, 0.6) is 0 Å². The van der Waals surface area contributed by atoms with Crippen LogP contribution in [0.4, 0.5) is 0 Å². The summed E-state index contributed by atoms with van der Waals surface area (Å²) in [5.74, 6) is 0. The van der Waals surface area contributed by atoms with Gasteiger partial charge in [0.15, 0.2) is 5.04 Å². The molecular formula is C6H5N3OS. The van der Waals surface area contributed by atoms with Gasteiger partial charge in [0.25, 0.3) is 0 Å². The monoisotopic (exact) mass is 167 g/mol. The topological polar surface area (TPSA) is 58.1 Å². The van der Waals surface area contributed by atoms with Crippen LogP contribution in [0.1, 0.15) is 5.69 Å². The van der Waals surface area contributed by atoms with Gasteiger partial charge < -0.3 is 0 Å². The molecule has 1 unspecified atom stereocenters. The SMILES string of the molecule is O=S1C=CN=C1c1ccn[nH]1. The Labute approximate surface area is 65.5 Å². The molecule has 0 spiro atoms. The quantitative estimate of drug-likeness (QED) is 0.657. The van der Waals surface area contributed by atoms with E-state index < -0.39 is 10.8 Å². The minimum atomic E-state index is -1.09. The molecule has 11 heavy (non-hydrogen) atoms. The van der Waals surface area contributed by atoms with Crippen LogP contribution in [0.3, 0.4) is 0 Å². The molecular weight excluding hydrogens is 162 g/mol. The fraction of sp³-hybridized carbons (Fsp3) is 0. The Kier molecular flexibility index (Phi) is 1.43. The van der Waals surface area contributed by atoms with Gasteiger partial charge >= 0.3 is 0 Å². The van der Waals surface area contributed by atoms with Crippen LogP contribution in [-0.2, 0) is 10.8 Å². The van der Waals surface area contributed by atoms with Gasteiger partial charge in [0.1, 0.15) is 10.8 Å². The van der Waals surface area contributed by atoms with Gasteiger partial charge in [-0.25, -0.2) is 9.20 Å². The van der Waals surface area contributed by atoms with Crippen molar-refractivity contribution in [1.82, 2.24) is 10.2 Å². The lowest BCUT2D eigenvalue weighted by molar-refractivity contribution is 0.694. The number of H-pyrrole nitrogens is 1. The zero-order valence-corrected chi connectivity index (χ0v) is 6.34. The zero-order valence-electron chi connectivity index (χ0n) is 5.52. The average Bonchev–Trinajstić information content (AvgIpc) is 2.55. The number of aliphatic imine (C=N–C) groups is 1. The summed E-state index contributed by atoms with van der Waals surface area (Å²) in [5.41, 5.74) is 0.716. The first kappa shape index (κ1) is 6.48. The summed E-state index contributed by atoms with van der Waals surface area (Å²) in [6, 6.07) is 1.74. The summed E-state index contributed by atoms with van der Waals surface area (Å²) < 4.78 is 11.1. The molecule has 1 aliphatic rings. The van der Waals surface area contributed by atoms with Gasteiger partial charge in [-0.15, -0.1) is 0 Å². The Hall–Kier alpha value is -1.23. The van der Waals surface area contributed by atoms with Crippen LogP contribution in [-0.4, -0.2) is 19.4 Å². The molecule has 0 aliphatic carbocycles. The van der Waals surface area contributed by atoms with Gasteiger partial charge in [0.2, 0.25) is 0 Å². The van der Waals surface area contributed by atoms with Crippen molar-refractivity contribution in [2.45, 2.75) is 0 Å². The van der Waals surface area contributed by atoms with Gasteiger partial charge in [-0.1, -0.05) is 0 Å². The number of aromatic nitrogens is 2. The predicted octanol–water partition coefficient (Wildman–Crippen LogP) is 0.390. The summed E-state index contributed by atoms with van der Waals surface area (Å²) in [4.78, 5) is 3.92. The van der Waals surface area contributed by atoms with Crippen LogP contribution in [0.15, 0.2) is 28.9 Å². The molecule has 0 aromatic carbocycles. The van der Waals surface area contributed by atoms with E-state index in [0.29, 0.717) is 10.7 Å². The summed E-state index contributed by atoms with van der Waals surface area (Å²) in [6.07, 6.45) is 3.14. The molecule has 0 saturated heterocycles. The lowest BCUT2D eigenvalue weighted by atomic mass is 10.5. The van der Waals surface area contributed by atoms with Crippen LogP contribution in [0.25, 0.3) is 0 Å². The molecule has 0 radical (unpaired) electrons. The van der Waals surface area contributed by atoms with Crippen molar-refractivity contribution < 1.29 is 4.21 Å².